The van der Waals surface area contributed by atoms with Crippen LogP contribution < -0.4 is 0 Å². The van der Waals surface area contributed by atoms with E-state index in [1.54, 1.807) is 6.92 Å². The highest BCUT2D eigenvalue weighted by Gasteiger charge is 2.34. The molecular formula is C11H17NO4S. The highest BCUT2D eigenvalue weighted by molar-refractivity contribution is 7.91. The molecule has 96 valence electrons. The maximum atomic E-state index is 12.0. The molecular weight excluding hydrogens is 242 g/mol. The Labute approximate surface area is 101 Å². The maximum absolute atomic E-state index is 12.0. The van der Waals surface area contributed by atoms with E-state index in [-0.39, 0.29) is 12.4 Å². The van der Waals surface area contributed by atoms with Gasteiger partial charge in [-0.2, -0.15) is 0 Å². The molecule has 1 aliphatic rings. The zero-order valence-electron chi connectivity index (χ0n) is 9.85. The second-order valence-electron chi connectivity index (χ2n) is 4.37. The first-order valence-corrected chi connectivity index (χ1v) is 7.55. The van der Waals surface area contributed by atoms with Gasteiger partial charge in [-0.3, -0.25) is 0 Å². The number of oxazole rings is 1. The van der Waals surface area contributed by atoms with E-state index < -0.39 is 15.1 Å². The molecule has 17 heavy (non-hydrogen) atoms. The standard InChI is InChI=1S/C11H17NO4S/c1-8-11(12-10(16-8)5-6-13)9-4-2-3-7-17(9,14)15/h9,13H,2-7H2,1H3. The molecule has 0 saturated carbocycles. The van der Waals surface area contributed by atoms with Crippen molar-refractivity contribution in [2.24, 2.45) is 0 Å². The first-order valence-electron chi connectivity index (χ1n) is 5.83. The zero-order chi connectivity index (χ0) is 12.5. The predicted molar refractivity (Wildman–Crippen MR) is 62.4 cm³/mol. The molecule has 0 radical (unpaired) electrons. The van der Waals surface area contributed by atoms with Crippen molar-refractivity contribution in [1.29, 1.82) is 0 Å². The Hall–Kier alpha value is -0.880. The van der Waals surface area contributed by atoms with E-state index in [4.69, 9.17) is 9.52 Å². The van der Waals surface area contributed by atoms with E-state index in [9.17, 15) is 8.42 Å². The molecule has 1 atom stereocenters. The molecule has 0 aromatic carbocycles. The molecule has 1 unspecified atom stereocenters. The Morgan fingerprint density at radius 1 is 1.47 bits per heavy atom. The second kappa shape index (κ2) is 4.78. The summed E-state index contributed by atoms with van der Waals surface area (Å²) < 4.78 is 29.3. The fraction of sp³-hybridized carbons (Fsp3) is 0.727. The second-order valence-corrected chi connectivity index (χ2v) is 6.68. The molecule has 2 heterocycles. The summed E-state index contributed by atoms with van der Waals surface area (Å²) >= 11 is 0. The number of aliphatic hydroxyl groups excluding tert-OH is 1. The van der Waals surface area contributed by atoms with Crippen LogP contribution in [-0.4, -0.2) is 30.9 Å². The van der Waals surface area contributed by atoms with Gasteiger partial charge in [-0.15, -0.1) is 0 Å². The lowest BCUT2D eigenvalue weighted by molar-refractivity contribution is 0.284. The van der Waals surface area contributed by atoms with Crippen LogP contribution in [0.15, 0.2) is 4.42 Å². The number of nitrogens with zero attached hydrogens (tertiary/aromatic N) is 1. The van der Waals surface area contributed by atoms with Crippen LogP contribution in [0.4, 0.5) is 0 Å². The zero-order valence-corrected chi connectivity index (χ0v) is 10.7. The normalized spacial score (nSPS) is 23.8. The van der Waals surface area contributed by atoms with Gasteiger partial charge in [-0.05, 0) is 19.8 Å². The molecule has 5 nitrogen and oxygen atoms in total. The van der Waals surface area contributed by atoms with Crippen LogP contribution in [0.2, 0.25) is 0 Å². The lowest BCUT2D eigenvalue weighted by atomic mass is 10.1. The first kappa shape index (κ1) is 12.6. The number of rotatable bonds is 3. The van der Waals surface area contributed by atoms with Crippen molar-refractivity contribution in [3.05, 3.63) is 17.3 Å². The minimum absolute atomic E-state index is 0.0448. The van der Waals surface area contributed by atoms with Crippen LogP contribution in [0, 0.1) is 6.92 Å². The van der Waals surface area contributed by atoms with Crippen LogP contribution in [0.25, 0.3) is 0 Å². The van der Waals surface area contributed by atoms with Crippen molar-refractivity contribution < 1.29 is 17.9 Å². The maximum Gasteiger partial charge on any atom is 0.196 e. The molecule has 1 aromatic heterocycles. The average Bonchev–Trinajstić information content (AvgIpc) is 2.59. The van der Waals surface area contributed by atoms with Crippen LogP contribution in [0.3, 0.4) is 0 Å². The Morgan fingerprint density at radius 3 is 2.88 bits per heavy atom. The highest BCUT2D eigenvalue weighted by Crippen LogP contribution is 2.34. The first-order chi connectivity index (χ1) is 8.04. The van der Waals surface area contributed by atoms with Crippen molar-refractivity contribution in [2.45, 2.75) is 37.9 Å². The topological polar surface area (TPSA) is 80.4 Å². The summed E-state index contributed by atoms with van der Waals surface area (Å²) in [6.45, 7) is 1.68. The quantitative estimate of drug-likeness (QED) is 0.881. The predicted octanol–water partition coefficient (Wildman–Crippen LogP) is 1.16. The molecule has 2 rings (SSSR count). The summed E-state index contributed by atoms with van der Waals surface area (Å²) in [4.78, 5) is 4.21. The number of hydrogen-bond donors (Lipinski definition) is 1. The van der Waals surface area contributed by atoms with Crippen LogP contribution in [0.5, 0.6) is 0 Å². The van der Waals surface area contributed by atoms with E-state index in [0.717, 1.165) is 12.8 Å². The summed E-state index contributed by atoms with van der Waals surface area (Å²) in [6.07, 6.45) is 2.59. The average molecular weight is 259 g/mol. The Bertz CT molecular complexity index is 492. The molecule has 1 aliphatic heterocycles. The third-order valence-electron chi connectivity index (χ3n) is 3.09. The minimum atomic E-state index is -3.09. The van der Waals surface area contributed by atoms with Gasteiger partial charge < -0.3 is 9.52 Å². The molecule has 0 amide bonds. The van der Waals surface area contributed by atoms with Crippen LogP contribution in [-0.2, 0) is 16.3 Å². The van der Waals surface area contributed by atoms with Gasteiger partial charge in [-0.25, -0.2) is 13.4 Å². The lowest BCUT2D eigenvalue weighted by Crippen LogP contribution is -2.22. The summed E-state index contributed by atoms with van der Waals surface area (Å²) in [7, 11) is -3.09. The number of aromatic nitrogens is 1. The SMILES string of the molecule is Cc1oc(CCO)nc1C1CCCCS1(=O)=O. The summed E-state index contributed by atoms with van der Waals surface area (Å²) in [5.74, 6) is 1.21. The monoisotopic (exact) mass is 259 g/mol. The third kappa shape index (κ3) is 2.52. The van der Waals surface area contributed by atoms with Crippen molar-refractivity contribution in [3.63, 3.8) is 0 Å². The summed E-state index contributed by atoms with van der Waals surface area (Å²) in [6, 6.07) is 0. The fourth-order valence-corrected chi connectivity index (χ4v) is 4.20. The number of sulfone groups is 1. The van der Waals surface area contributed by atoms with E-state index in [1.165, 1.54) is 0 Å². The van der Waals surface area contributed by atoms with E-state index in [2.05, 4.69) is 4.98 Å². The van der Waals surface area contributed by atoms with Crippen molar-refractivity contribution in [3.8, 4) is 0 Å². The number of aryl methyl sites for hydroxylation is 1. The minimum Gasteiger partial charge on any atom is -0.446 e. The molecule has 1 fully saturated rings. The van der Waals surface area contributed by atoms with Gasteiger partial charge >= 0.3 is 0 Å². The van der Waals surface area contributed by atoms with Gasteiger partial charge in [-0.1, -0.05) is 6.42 Å². The largest absolute Gasteiger partial charge is 0.446 e. The summed E-state index contributed by atoms with van der Waals surface area (Å²) in [5.41, 5.74) is 0.535. The van der Waals surface area contributed by atoms with E-state index in [1.807, 2.05) is 0 Å². The van der Waals surface area contributed by atoms with Gasteiger partial charge in [0.05, 0.1) is 12.4 Å². The van der Waals surface area contributed by atoms with Gasteiger partial charge in [0.15, 0.2) is 15.7 Å². The smallest absolute Gasteiger partial charge is 0.196 e. The highest BCUT2D eigenvalue weighted by atomic mass is 32.2. The Kier molecular flexibility index (Phi) is 3.53. The lowest BCUT2D eigenvalue weighted by Gasteiger charge is -2.20. The Balaban J connectivity index is 2.32. The van der Waals surface area contributed by atoms with Crippen molar-refractivity contribution in [2.75, 3.05) is 12.4 Å². The van der Waals surface area contributed by atoms with E-state index >= 15 is 0 Å². The summed E-state index contributed by atoms with van der Waals surface area (Å²) in [5, 5.41) is 8.29. The van der Waals surface area contributed by atoms with Gasteiger partial charge in [0, 0.05) is 6.42 Å². The van der Waals surface area contributed by atoms with Gasteiger partial charge in [0.2, 0.25) is 0 Å². The van der Waals surface area contributed by atoms with Crippen LogP contribution in [0.1, 0.15) is 41.9 Å². The van der Waals surface area contributed by atoms with Crippen LogP contribution >= 0.6 is 0 Å². The molecule has 1 aromatic rings. The molecule has 0 bridgehead atoms. The van der Waals surface area contributed by atoms with Gasteiger partial charge in [0.25, 0.3) is 0 Å². The van der Waals surface area contributed by atoms with E-state index in [0.29, 0.717) is 30.2 Å². The molecule has 1 N–H and O–H groups in total. The molecule has 1 saturated heterocycles. The molecule has 0 spiro atoms. The van der Waals surface area contributed by atoms with Crippen molar-refractivity contribution in [1.82, 2.24) is 4.98 Å². The number of hydrogen-bond acceptors (Lipinski definition) is 5. The van der Waals surface area contributed by atoms with Gasteiger partial charge in [0.1, 0.15) is 16.7 Å². The fourth-order valence-electron chi connectivity index (χ4n) is 2.23. The molecule has 6 heteroatoms. The Morgan fingerprint density at radius 2 is 2.24 bits per heavy atom. The third-order valence-corrected chi connectivity index (χ3v) is 5.27. The number of aliphatic hydroxyl groups is 1. The molecule has 0 aliphatic carbocycles. The van der Waals surface area contributed by atoms with Crippen molar-refractivity contribution >= 4 is 9.84 Å².